The number of aliphatic carboxylic acids is 1. The topological polar surface area (TPSA) is 81.7 Å². The van der Waals surface area contributed by atoms with Crippen LogP contribution in [0.15, 0.2) is 0 Å². The van der Waals surface area contributed by atoms with Crippen LogP contribution in [0.1, 0.15) is 39.5 Å². The Morgan fingerprint density at radius 3 is 2.38 bits per heavy atom. The first-order valence-corrected chi connectivity index (χ1v) is 7.67. The minimum atomic E-state index is -0.797. The van der Waals surface area contributed by atoms with Gasteiger partial charge >= 0.3 is 12.0 Å². The maximum atomic E-state index is 11.9. The Balaban J connectivity index is 2.47. The minimum absolute atomic E-state index is 0.0205. The van der Waals surface area contributed by atoms with E-state index >= 15 is 0 Å². The van der Waals surface area contributed by atoms with Gasteiger partial charge in [0, 0.05) is 19.1 Å². The maximum absolute atomic E-state index is 11.9. The molecule has 0 saturated heterocycles. The summed E-state index contributed by atoms with van der Waals surface area (Å²) in [6, 6.07) is -0.268. The van der Waals surface area contributed by atoms with Crippen LogP contribution in [0.25, 0.3) is 0 Å². The molecule has 1 atom stereocenters. The van der Waals surface area contributed by atoms with E-state index in [0.29, 0.717) is 18.8 Å². The summed E-state index contributed by atoms with van der Waals surface area (Å²) in [6.07, 6.45) is 3.09. The molecule has 1 aliphatic rings. The van der Waals surface area contributed by atoms with E-state index in [2.05, 4.69) is 17.6 Å². The van der Waals surface area contributed by atoms with Crippen LogP contribution in [-0.2, 0) is 4.79 Å². The molecule has 0 aromatic rings. The summed E-state index contributed by atoms with van der Waals surface area (Å²) in [4.78, 5) is 25.5. The number of nitrogens with zero attached hydrogens (tertiary/aromatic N) is 1. The number of nitrogens with one attached hydrogen (secondary N) is 2. The standard InChI is InChI=1S/C15H29N3O3/c1-11-5-7-15(8-6-11,13(19)20)10-16-14(21)17-12(2)9-18(3)4/h11-12H,5-10H2,1-4H3,(H,19,20)(H2,16,17,21). The highest BCUT2D eigenvalue weighted by Crippen LogP contribution is 2.38. The van der Waals surface area contributed by atoms with Crippen molar-refractivity contribution in [3.8, 4) is 0 Å². The van der Waals surface area contributed by atoms with Crippen molar-refractivity contribution in [2.75, 3.05) is 27.2 Å². The third-order valence-corrected chi connectivity index (χ3v) is 4.29. The molecular formula is C15H29N3O3. The summed E-state index contributed by atoms with van der Waals surface area (Å²) >= 11 is 0. The van der Waals surface area contributed by atoms with E-state index in [4.69, 9.17) is 0 Å². The SMILES string of the molecule is CC1CCC(CNC(=O)NC(C)CN(C)C)(C(=O)O)CC1. The Bertz CT molecular complexity index is 363. The summed E-state index contributed by atoms with van der Waals surface area (Å²) in [5.41, 5.74) is -0.797. The Labute approximate surface area is 127 Å². The number of rotatable bonds is 6. The Morgan fingerprint density at radius 1 is 1.33 bits per heavy atom. The van der Waals surface area contributed by atoms with Crippen LogP contribution >= 0.6 is 0 Å². The third kappa shape index (κ3) is 5.53. The molecule has 1 saturated carbocycles. The van der Waals surface area contributed by atoms with Crippen LogP contribution in [0.2, 0.25) is 0 Å². The summed E-state index contributed by atoms with van der Waals surface area (Å²) in [7, 11) is 3.89. The van der Waals surface area contributed by atoms with Gasteiger partial charge in [0.1, 0.15) is 0 Å². The van der Waals surface area contributed by atoms with Gasteiger partial charge in [0.15, 0.2) is 0 Å². The van der Waals surface area contributed by atoms with E-state index < -0.39 is 11.4 Å². The lowest BCUT2D eigenvalue weighted by Gasteiger charge is -2.35. The molecule has 2 amide bonds. The molecule has 0 heterocycles. The van der Waals surface area contributed by atoms with Crippen LogP contribution < -0.4 is 10.6 Å². The number of carbonyl (C=O) groups excluding carboxylic acids is 1. The van der Waals surface area contributed by atoms with Gasteiger partial charge in [0.2, 0.25) is 0 Å². The van der Waals surface area contributed by atoms with Crippen molar-refractivity contribution >= 4 is 12.0 Å². The van der Waals surface area contributed by atoms with Gasteiger partial charge in [-0.2, -0.15) is 0 Å². The number of carbonyl (C=O) groups is 2. The fourth-order valence-electron chi connectivity index (χ4n) is 2.90. The first-order valence-electron chi connectivity index (χ1n) is 7.67. The number of carboxylic acids is 1. The van der Waals surface area contributed by atoms with Gasteiger partial charge in [-0.15, -0.1) is 0 Å². The summed E-state index contributed by atoms with van der Waals surface area (Å²) < 4.78 is 0. The first-order chi connectivity index (χ1) is 9.75. The average Bonchev–Trinajstić information content (AvgIpc) is 2.37. The largest absolute Gasteiger partial charge is 0.481 e. The molecule has 122 valence electrons. The molecule has 6 nitrogen and oxygen atoms in total. The molecule has 1 aliphatic carbocycles. The summed E-state index contributed by atoms with van der Waals surface area (Å²) in [6.45, 7) is 5.02. The van der Waals surface area contributed by atoms with Crippen molar-refractivity contribution in [2.24, 2.45) is 11.3 Å². The molecule has 0 aromatic carbocycles. The minimum Gasteiger partial charge on any atom is -0.481 e. The molecule has 21 heavy (non-hydrogen) atoms. The van der Waals surface area contributed by atoms with Gasteiger partial charge in [-0.25, -0.2) is 4.79 Å². The highest BCUT2D eigenvalue weighted by molar-refractivity contribution is 5.78. The normalized spacial score (nSPS) is 27.2. The monoisotopic (exact) mass is 299 g/mol. The lowest BCUT2D eigenvalue weighted by molar-refractivity contribution is -0.151. The maximum Gasteiger partial charge on any atom is 0.315 e. The molecule has 0 spiro atoms. The Morgan fingerprint density at radius 2 is 1.90 bits per heavy atom. The molecule has 0 aromatic heterocycles. The van der Waals surface area contributed by atoms with Gasteiger partial charge < -0.3 is 20.6 Å². The molecule has 1 unspecified atom stereocenters. The molecule has 0 radical (unpaired) electrons. The van der Waals surface area contributed by atoms with Crippen molar-refractivity contribution in [1.82, 2.24) is 15.5 Å². The second-order valence-corrected chi connectivity index (χ2v) is 6.76. The molecule has 0 bridgehead atoms. The predicted molar refractivity (Wildman–Crippen MR) is 82.3 cm³/mol. The van der Waals surface area contributed by atoms with Gasteiger partial charge in [-0.05, 0) is 52.6 Å². The van der Waals surface area contributed by atoms with Gasteiger partial charge in [-0.1, -0.05) is 6.92 Å². The molecular weight excluding hydrogens is 270 g/mol. The van der Waals surface area contributed by atoms with Crippen molar-refractivity contribution < 1.29 is 14.7 Å². The van der Waals surface area contributed by atoms with E-state index in [9.17, 15) is 14.7 Å². The van der Waals surface area contributed by atoms with Crippen LogP contribution in [0.3, 0.4) is 0 Å². The molecule has 0 aliphatic heterocycles. The average molecular weight is 299 g/mol. The highest BCUT2D eigenvalue weighted by atomic mass is 16.4. The number of hydrogen-bond acceptors (Lipinski definition) is 3. The van der Waals surface area contributed by atoms with Gasteiger partial charge in [0.05, 0.1) is 5.41 Å². The van der Waals surface area contributed by atoms with E-state index in [1.807, 2.05) is 25.9 Å². The van der Waals surface area contributed by atoms with E-state index in [1.54, 1.807) is 0 Å². The Hall–Kier alpha value is -1.30. The van der Waals surface area contributed by atoms with Crippen LogP contribution in [0, 0.1) is 11.3 Å². The Kier molecular flexibility index (Phi) is 6.45. The zero-order chi connectivity index (χ0) is 16.0. The van der Waals surface area contributed by atoms with Gasteiger partial charge in [-0.3, -0.25) is 4.79 Å². The first kappa shape index (κ1) is 17.8. The van der Waals surface area contributed by atoms with Crippen molar-refractivity contribution in [3.63, 3.8) is 0 Å². The van der Waals surface area contributed by atoms with E-state index in [1.165, 1.54) is 0 Å². The molecule has 3 N–H and O–H groups in total. The van der Waals surface area contributed by atoms with Crippen molar-refractivity contribution in [2.45, 2.75) is 45.6 Å². The quantitative estimate of drug-likeness (QED) is 0.694. The van der Waals surface area contributed by atoms with Crippen molar-refractivity contribution in [3.05, 3.63) is 0 Å². The smallest absolute Gasteiger partial charge is 0.315 e. The van der Waals surface area contributed by atoms with Crippen LogP contribution in [0.4, 0.5) is 4.79 Å². The zero-order valence-corrected chi connectivity index (χ0v) is 13.6. The number of hydrogen-bond donors (Lipinski definition) is 3. The second kappa shape index (κ2) is 7.64. The van der Waals surface area contributed by atoms with E-state index in [-0.39, 0.29) is 18.6 Å². The molecule has 6 heteroatoms. The lowest BCUT2D eigenvalue weighted by Crippen LogP contribution is -2.50. The second-order valence-electron chi connectivity index (χ2n) is 6.76. The molecule has 1 fully saturated rings. The number of urea groups is 1. The third-order valence-electron chi connectivity index (χ3n) is 4.29. The van der Waals surface area contributed by atoms with Crippen LogP contribution in [0.5, 0.6) is 0 Å². The van der Waals surface area contributed by atoms with Crippen LogP contribution in [-0.4, -0.2) is 55.2 Å². The number of likely N-dealkylation sites (N-methyl/N-ethyl adjacent to an activating group) is 1. The highest BCUT2D eigenvalue weighted by Gasteiger charge is 2.41. The summed E-state index contributed by atoms with van der Waals surface area (Å²) in [5.74, 6) is -0.220. The number of amides is 2. The number of carboxylic acid groups (broad SMARTS) is 1. The molecule has 1 rings (SSSR count). The fourth-order valence-corrected chi connectivity index (χ4v) is 2.90. The van der Waals surface area contributed by atoms with Gasteiger partial charge in [0.25, 0.3) is 0 Å². The predicted octanol–water partition coefficient (Wildman–Crippen LogP) is 1.52. The zero-order valence-electron chi connectivity index (χ0n) is 13.6. The fraction of sp³-hybridized carbons (Fsp3) is 0.867. The summed E-state index contributed by atoms with van der Waals surface area (Å²) in [5, 5.41) is 15.1. The van der Waals surface area contributed by atoms with Crippen molar-refractivity contribution in [1.29, 1.82) is 0 Å². The lowest BCUT2D eigenvalue weighted by atomic mass is 9.71. The van der Waals surface area contributed by atoms with E-state index in [0.717, 1.165) is 19.4 Å².